The van der Waals surface area contributed by atoms with Crippen molar-refractivity contribution in [1.82, 2.24) is 10.2 Å². The van der Waals surface area contributed by atoms with Gasteiger partial charge in [0.1, 0.15) is 5.92 Å². The van der Waals surface area contributed by atoms with Gasteiger partial charge in [-0.05, 0) is 31.2 Å². The molecule has 1 aromatic rings. The lowest BCUT2D eigenvalue weighted by molar-refractivity contribution is -0.145. The van der Waals surface area contributed by atoms with Crippen molar-refractivity contribution in [3.05, 3.63) is 17.0 Å². The van der Waals surface area contributed by atoms with Gasteiger partial charge in [0.15, 0.2) is 0 Å². The predicted molar refractivity (Wildman–Crippen MR) is 57.9 cm³/mol. The van der Waals surface area contributed by atoms with Crippen LogP contribution in [0.5, 0.6) is 0 Å². The molecule has 6 heteroatoms. The van der Waals surface area contributed by atoms with Gasteiger partial charge in [-0.2, -0.15) is 5.10 Å². The minimum atomic E-state index is -1.13. The first kappa shape index (κ1) is 11.6. The van der Waals surface area contributed by atoms with E-state index in [2.05, 4.69) is 10.2 Å². The Morgan fingerprint density at radius 2 is 2.00 bits per heavy atom. The molecule has 0 saturated carbocycles. The molecule has 1 aromatic heterocycles. The topological polar surface area (TPSA) is 103 Å². The van der Waals surface area contributed by atoms with Crippen molar-refractivity contribution in [3.63, 3.8) is 0 Å². The summed E-state index contributed by atoms with van der Waals surface area (Å²) < 4.78 is 0. The molecule has 92 valence electrons. The number of nitrogens with zero attached hydrogens (tertiary/aromatic N) is 1. The molecule has 1 aliphatic rings. The number of aryl methyl sites for hydroxylation is 1. The van der Waals surface area contributed by atoms with Gasteiger partial charge in [0.2, 0.25) is 0 Å². The number of carboxylic acids is 2. The summed E-state index contributed by atoms with van der Waals surface area (Å²) in [5.41, 5.74) is 2.27. The number of carboxylic acid groups (broad SMARTS) is 2. The van der Waals surface area contributed by atoms with Crippen molar-refractivity contribution < 1.29 is 19.8 Å². The van der Waals surface area contributed by atoms with Crippen LogP contribution < -0.4 is 0 Å². The minimum absolute atomic E-state index is 0.398. The van der Waals surface area contributed by atoms with E-state index in [1.54, 1.807) is 0 Å². The van der Waals surface area contributed by atoms with E-state index in [0.29, 0.717) is 5.69 Å². The molecule has 0 radical (unpaired) electrons. The van der Waals surface area contributed by atoms with E-state index in [1.807, 2.05) is 0 Å². The number of fused-ring (bicyclic) bond motifs is 1. The van der Waals surface area contributed by atoms with Crippen LogP contribution in [0.15, 0.2) is 0 Å². The maximum atomic E-state index is 11.1. The fourth-order valence-corrected chi connectivity index (χ4v) is 2.27. The second-order valence-corrected chi connectivity index (χ2v) is 4.26. The van der Waals surface area contributed by atoms with Gasteiger partial charge in [-0.3, -0.25) is 14.7 Å². The number of hydrogen-bond acceptors (Lipinski definition) is 3. The smallest absolute Gasteiger partial charge is 0.313 e. The molecule has 0 aromatic carbocycles. The van der Waals surface area contributed by atoms with Crippen molar-refractivity contribution in [2.24, 2.45) is 0 Å². The number of aliphatic carboxylic acids is 2. The van der Waals surface area contributed by atoms with E-state index in [1.165, 1.54) is 0 Å². The molecule has 1 aliphatic carbocycles. The lowest BCUT2D eigenvalue weighted by Gasteiger charge is -2.14. The Morgan fingerprint density at radius 1 is 1.29 bits per heavy atom. The quantitative estimate of drug-likeness (QED) is 0.724. The van der Waals surface area contributed by atoms with Gasteiger partial charge in [-0.1, -0.05) is 0 Å². The second-order valence-electron chi connectivity index (χ2n) is 4.26. The Bertz CT molecular complexity index is 452. The molecule has 0 amide bonds. The molecular formula is C11H14N2O4. The van der Waals surface area contributed by atoms with Crippen LogP contribution in [0.2, 0.25) is 0 Å². The van der Waals surface area contributed by atoms with Gasteiger partial charge in [-0.25, -0.2) is 0 Å². The van der Waals surface area contributed by atoms with E-state index in [4.69, 9.17) is 10.2 Å². The van der Waals surface area contributed by atoms with Gasteiger partial charge in [-0.15, -0.1) is 0 Å². The van der Waals surface area contributed by atoms with Gasteiger partial charge in [0.05, 0.1) is 12.1 Å². The molecule has 1 atom stereocenters. The number of aromatic amines is 1. The molecule has 1 heterocycles. The van der Waals surface area contributed by atoms with Crippen LogP contribution in [-0.4, -0.2) is 32.3 Å². The first-order valence-corrected chi connectivity index (χ1v) is 5.60. The third kappa shape index (κ3) is 2.30. The molecule has 2 rings (SSSR count). The van der Waals surface area contributed by atoms with Crippen molar-refractivity contribution in [1.29, 1.82) is 0 Å². The Kier molecular flexibility index (Phi) is 3.12. The summed E-state index contributed by atoms with van der Waals surface area (Å²) in [6.07, 6.45) is 3.28. The summed E-state index contributed by atoms with van der Waals surface area (Å²) in [6.45, 7) is 0. The Hall–Kier alpha value is -1.85. The molecule has 0 fully saturated rings. The molecule has 17 heavy (non-hydrogen) atoms. The third-order valence-corrected chi connectivity index (χ3v) is 3.10. The van der Waals surface area contributed by atoms with E-state index in [-0.39, 0.29) is 0 Å². The first-order valence-electron chi connectivity index (χ1n) is 5.60. The molecule has 1 unspecified atom stereocenters. The van der Waals surface area contributed by atoms with Crippen LogP contribution >= 0.6 is 0 Å². The van der Waals surface area contributed by atoms with Crippen LogP contribution in [0.3, 0.4) is 0 Å². The van der Waals surface area contributed by atoms with Gasteiger partial charge in [0, 0.05) is 5.69 Å². The number of hydrogen-bond donors (Lipinski definition) is 3. The number of H-pyrrole nitrogens is 1. The average Bonchev–Trinajstić information content (AvgIpc) is 2.69. The fraction of sp³-hybridized carbons (Fsp3) is 0.545. The number of carbonyl (C=O) groups is 2. The first-order chi connectivity index (χ1) is 8.09. The predicted octanol–water partition coefficient (Wildman–Crippen LogP) is 0.931. The lowest BCUT2D eigenvalue weighted by atomic mass is 9.90. The summed E-state index contributed by atoms with van der Waals surface area (Å²) in [7, 11) is 0. The number of aromatic nitrogens is 2. The SMILES string of the molecule is O=C(O)CC(C(=O)O)c1n[nH]c2c1CCCC2. The van der Waals surface area contributed by atoms with Gasteiger partial charge < -0.3 is 10.2 Å². The Morgan fingerprint density at radius 3 is 2.65 bits per heavy atom. The zero-order valence-electron chi connectivity index (χ0n) is 9.27. The van der Waals surface area contributed by atoms with Crippen LogP contribution in [0.25, 0.3) is 0 Å². The van der Waals surface area contributed by atoms with Crippen molar-refractivity contribution in [2.75, 3.05) is 0 Å². The summed E-state index contributed by atoms with van der Waals surface area (Å²) >= 11 is 0. The Balaban J connectivity index is 2.32. The average molecular weight is 238 g/mol. The highest BCUT2D eigenvalue weighted by Crippen LogP contribution is 2.29. The fourth-order valence-electron chi connectivity index (χ4n) is 2.27. The summed E-state index contributed by atoms with van der Waals surface area (Å²) in [6, 6.07) is 0. The maximum absolute atomic E-state index is 11.1. The van der Waals surface area contributed by atoms with Gasteiger partial charge in [0.25, 0.3) is 0 Å². The van der Waals surface area contributed by atoms with Crippen LogP contribution in [0.1, 0.15) is 42.1 Å². The standard InChI is InChI=1S/C11H14N2O4/c14-9(15)5-7(11(16)17)10-6-3-1-2-4-8(6)12-13-10/h7H,1-5H2,(H,12,13)(H,14,15)(H,16,17). The third-order valence-electron chi connectivity index (χ3n) is 3.10. The number of rotatable bonds is 4. The zero-order valence-corrected chi connectivity index (χ0v) is 9.27. The Labute approximate surface area is 97.7 Å². The maximum Gasteiger partial charge on any atom is 0.313 e. The van der Waals surface area contributed by atoms with Crippen LogP contribution in [0.4, 0.5) is 0 Å². The molecule has 6 nitrogen and oxygen atoms in total. The molecule has 0 bridgehead atoms. The van der Waals surface area contributed by atoms with Gasteiger partial charge >= 0.3 is 11.9 Å². The lowest BCUT2D eigenvalue weighted by Crippen LogP contribution is -2.18. The summed E-state index contributed by atoms with van der Waals surface area (Å²) in [5.74, 6) is -3.30. The minimum Gasteiger partial charge on any atom is -0.481 e. The molecule has 0 spiro atoms. The highest BCUT2D eigenvalue weighted by atomic mass is 16.4. The van der Waals surface area contributed by atoms with Crippen molar-refractivity contribution in [3.8, 4) is 0 Å². The van der Waals surface area contributed by atoms with E-state index < -0.39 is 24.3 Å². The molecule has 0 aliphatic heterocycles. The highest BCUT2D eigenvalue weighted by molar-refractivity contribution is 5.82. The molecule has 0 saturated heterocycles. The molecular weight excluding hydrogens is 224 g/mol. The monoisotopic (exact) mass is 238 g/mol. The van der Waals surface area contributed by atoms with Crippen molar-refractivity contribution >= 4 is 11.9 Å². The van der Waals surface area contributed by atoms with E-state index in [0.717, 1.165) is 36.9 Å². The van der Waals surface area contributed by atoms with Crippen LogP contribution in [-0.2, 0) is 22.4 Å². The van der Waals surface area contributed by atoms with E-state index in [9.17, 15) is 9.59 Å². The summed E-state index contributed by atoms with van der Waals surface area (Å²) in [5, 5.41) is 24.6. The van der Waals surface area contributed by atoms with Crippen molar-refractivity contribution in [2.45, 2.75) is 38.0 Å². The zero-order chi connectivity index (χ0) is 12.4. The number of nitrogens with one attached hydrogen (secondary N) is 1. The second kappa shape index (κ2) is 4.57. The molecule has 3 N–H and O–H groups in total. The van der Waals surface area contributed by atoms with E-state index >= 15 is 0 Å². The highest BCUT2D eigenvalue weighted by Gasteiger charge is 2.30. The van der Waals surface area contributed by atoms with Crippen LogP contribution in [0, 0.1) is 0 Å². The normalized spacial score (nSPS) is 16.2. The largest absolute Gasteiger partial charge is 0.481 e. The summed E-state index contributed by atoms with van der Waals surface area (Å²) in [4.78, 5) is 21.8.